The normalized spacial score (nSPS) is 18.9. The molecule has 0 aliphatic carbocycles. The van der Waals surface area contributed by atoms with Gasteiger partial charge in [-0.15, -0.1) is 0 Å². The molecule has 0 spiro atoms. The number of carboxylic acids is 1. The number of benzene rings is 1. The minimum absolute atomic E-state index is 0.0998. The number of fused-ring (bicyclic) bond motifs is 1. The fraction of sp³-hybridized carbons (Fsp3) is 0.500. The van der Waals surface area contributed by atoms with Crippen molar-refractivity contribution in [3.8, 4) is 0 Å². The van der Waals surface area contributed by atoms with Crippen LogP contribution >= 0.6 is 0 Å². The van der Waals surface area contributed by atoms with Gasteiger partial charge in [0.25, 0.3) is 0 Å². The number of amides is 1. The van der Waals surface area contributed by atoms with Gasteiger partial charge in [-0.2, -0.15) is 0 Å². The molecule has 1 amide bonds. The van der Waals surface area contributed by atoms with Crippen LogP contribution in [0.4, 0.5) is 0 Å². The molecule has 0 aromatic heterocycles. The monoisotopic (exact) mass is 290 g/mol. The van der Waals surface area contributed by atoms with E-state index in [1.54, 1.807) is 4.90 Å². The van der Waals surface area contributed by atoms with Crippen LogP contribution in [-0.4, -0.2) is 40.5 Å². The molecule has 0 saturated carbocycles. The van der Waals surface area contributed by atoms with Crippen molar-refractivity contribution in [3.05, 3.63) is 35.4 Å². The molecule has 0 radical (unpaired) electrons. The molecule has 1 aliphatic heterocycles. The van der Waals surface area contributed by atoms with Gasteiger partial charge in [0.1, 0.15) is 6.04 Å². The first-order valence-corrected chi connectivity index (χ1v) is 7.13. The van der Waals surface area contributed by atoms with Gasteiger partial charge in [0, 0.05) is 12.1 Å². The molecule has 1 aromatic carbocycles. The van der Waals surface area contributed by atoms with Crippen molar-refractivity contribution < 1.29 is 14.7 Å². The van der Waals surface area contributed by atoms with Crippen LogP contribution in [0.25, 0.3) is 0 Å². The van der Waals surface area contributed by atoms with Crippen LogP contribution in [0.15, 0.2) is 24.3 Å². The Morgan fingerprint density at radius 3 is 2.62 bits per heavy atom. The van der Waals surface area contributed by atoms with Crippen LogP contribution in [0.3, 0.4) is 0 Å². The molecule has 2 N–H and O–H groups in total. The van der Waals surface area contributed by atoms with Crippen LogP contribution in [0, 0.1) is 0 Å². The van der Waals surface area contributed by atoms with E-state index in [4.69, 9.17) is 0 Å². The Balaban J connectivity index is 2.17. The number of nitrogens with one attached hydrogen (secondary N) is 1. The Hall–Kier alpha value is -1.88. The third kappa shape index (κ3) is 3.82. The number of carbonyl (C=O) groups excluding carboxylic acids is 1. The third-order valence-corrected chi connectivity index (χ3v) is 3.48. The lowest BCUT2D eigenvalue weighted by molar-refractivity contribution is -0.144. The second-order valence-corrected chi connectivity index (χ2v) is 6.46. The molecule has 1 heterocycles. The van der Waals surface area contributed by atoms with Crippen molar-refractivity contribution >= 4 is 11.9 Å². The van der Waals surface area contributed by atoms with Crippen LogP contribution in [0.1, 0.15) is 37.9 Å². The fourth-order valence-electron chi connectivity index (χ4n) is 2.72. The summed E-state index contributed by atoms with van der Waals surface area (Å²) in [5.74, 6) is -1.06. The van der Waals surface area contributed by atoms with Crippen LogP contribution in [0.5, 0.6) is 0 Å². The average molecular weight is 290 g/mol. The van der Waals surface area contributed by atoms with Gasteiger partial charge in [0.05, 0.1) is 6.54 Å². The maximum atomic E-state index is 12.1. The lowest BCUT2D eigenvalue weighted by Crippen LogP contribution is -2.49. The van der Waals surface area contributed by atoms with Gasteiger partial charge < -0.3 is 10.4 Å². The average Bonchev–Trinajstić information content (AvgIpc) is 2.35. The minimum Gasteiger partial charge on any atom is -0.480 e. The van der Waals surface area contributed by atoms with E-state index in [2.05, 4.69) is 5.32 Å². The second kappa shape index (κ2) is 5.85. The molecule has 0 fully saturated rings. The Kier molecular flexibility index (Phi) is 4.32. The number of carbonyl (C=O) groups is 2. The fourth-order valence-corrected chi connectivity index (χ4v) is 2.72. The largest absolute Gasteiger partial charge is 0.480 e. The van der Waals surface area contributed by atoms with Gasteiger partial charge >= 0.3 is 5.97 Å². The van der Waals surface area contributed by atoms with Crippen LogP contribution in [0.2, 0.25) is 0 Å². The Morgan fingerprint density at radius 1 is 1.33 bits per heavy atom. The molecule has 5 heteroatoms. The lowest BCUT2D eigenvalue weighted by atomic mass is 9.92. The number of carboxylic acid groups (broad SMARTS) is 1. The predicted octanol–water partition coefficient (Wildman–Crippen LogP) is 1.59. The zero-order valence-electron chi connectivity index (χ0n) is 12.7. The number of rotatable bonds is 3. The van der Waals surface area contributed by atoms with Gasteiger partial charge in [-0.1, -0.05) is 24.3 Å². The van der Waals surface area contributed by atoms with Crippen molar-refractivity contribution in [2.45, 2.75) is 38.8 Å². The zero-order valence-corrected chi connectivity index (χ0v) is 12.7. The molecule has 5 nitrogen and oxygen atoms in total. The van der Waals surface area contributed by atoms with E-state index in [-0.39, 0.29) is 18.0 Å². The van der Waals surface area contributed by atoms with Gasteiger partial charge in [-0.3, -0.25) is 14.5 Å². The molecule has 0 bridgehead atoms. The SMILES string of the molecule is CC(C)(C)NC(=O)CN1CCc2ccccc2C1C(=O)O. The predicted molar refractivity (Wildman–Crippen MR) is 80.0 cm³/mol. The smallest absolute Gasteiger partial charge is 0.325 e. The summed E-state index contributed by atoms with van der Waals surface area (Å²) in [7, 11) is 0. The second-order valence-electron chi connectivity index (χ2n) is 6.46. The minimum atomic E-state index is -0.911. The first-order chi connectivity index (χ1) is 9.78. The summed E-state index contributed by atoms with van der Waals surface area (Å²) in [6.45, 7) is 6.40. The van der Waals surface area contributed by atoms with E-state index >= 15 is 0 Å². The Bertz CT molecular complexity index is 549. The highest BCUT2D eigenvalue weighted by molar-refractivity contribution is 5.81. The van der Waals surface area contributed by atoms with E-state index < -0.39 is 12.0 Å². The Labute approximate surface area is 125 Å². The van der Waals surface area contributed by atoms with Crippen molar-refractivity contribution in [1.82, 2.24) is 10.2 Å². The molecule has 21 heavy (non-hydrogen) atoms. The summed E-state index contributed by atoms with van der Waals surface area (Å²) >= 11 is 0. The van der Waals surface area contributed by atoms with Crippen molar-refractivity contribution in [1.29, 1.82) is 0 Å². The highest BCUT2D eigenvalue weighted by atomic mass is 16.4. The summed E-state index contributed by atoms with van der Waals surface area (Å²) in [4.78, 5) is 25.4. The molecular weight excluding hydrogens is 268 g/mol. The van der Waals surface area contributed by atoms with E-state index in [0.29, 0.717) is 6.54 Å². The number of nitrogens with zero attached hydrogens (tertiary/aromatic N) is 1. The van der Waals surface area contributed by atoms with Gasteiger partial charge in [0.15, 0.2) is 0 Å². The highest BCUT2D eigenvalue weighted by Gasteiger charge is 2.34. The van der Waals surface area contributed by atoms with Crippen molar-refractivity contribution in [2.24, 2.45) is 0 Å². The zero-order chi connectivity index (χ0) is 15.6. The molecule has 0 saturated heterocycles. The Morgan fingerprint density at radius 2 is 2.00 bits per heavy atom. The van der Waals surface area contributed by atoms with Gasteiger partial charge in [-0.25, -0.2) is 0 Å². The van der Waals surface area contributed by atoms with Crippen molar-refractivity contribution in [2.75, 3.05) is 13.1 Å². The highest BCUT2D eigenvalue weighted by Crippen LogP contribution is 2.29. The molecule has 1 aromatic rings. The quantitative estimate of drug-likeness (QED) is 0.887. The number of hydrogen-bond donors (Lipinski definition) is 2. The standard InChI is InChI=1S/C16H22N2O3/c1-16(2,3)17-13(19)10-18-9-8-11-6-4-5-7-12(11)14(18)15(20)21/h4-7,14H,8-10H2,1-3H3,(H,17,19)(H,20,21). The molecule has 1 atom stereocenters. The number of hydrogen-bond acceptors (Lipinski definition) is 3. The van der Waals surface area contributed by atoms with Crippen molar-refractivity contribution in [3.63, 3.8) is 0 Å². The number of aliphatic carboxylic acids is 1. The topological polar surface area (TPSA) is 69.6 Å². The van der Waals surface area contributed by atoms with E-state index in [1.165, 1.54) is 0 Å². The molecule has 1 aliphatic rings. The van der Waals surface area contributed by atoms with E-state index in [1.807, 2.05) is 45.0 Å². The summed E-state index contributed by atoms with van der Waals surface area (Å²) in [6.07, 6.45) is 0.767. The van der Waals surface area contributed by atoms with Gasteiger partial charge in [0.2, 0.25) is 5.91 Å². The third-order valence-electron chi connectivity index (χ3n) is 3.48. The van der Waals surface area contributed by atoms with E-state index in [9.17, 15) is 14.7 Å². The summed E-state index contributed by atoms with van der Waals surface area (Å²) < 4.78 is 0. The molecule has 114 valence electrons. The summed E-state index contributed by atoms with van der Waals surface area (Å²) in [6, 6.07) is 6.80. The molecular formula is C16H22N2O3. The molecule has 1 unspecified atom stereocenters. The first-order valence-electron chi connectivity index (χ1n) is 7.13. The van der Waals surface area contributed by atoms with Crippen LogP contribution < -0.4 is 5.32 Å². The maximum Gasteiger partial charge on any atom is 0.325 e. The van der Waals surface area contributed by atoms with Gasteiger partial charge in [-0.05, 0) is 38.3 Å². The van der Waals surface area contributed by atoms with E-state index in [0.717, 1.165) is 17.5 Å². The summed E-state index contributed by atoms with van der Waals surface area (Å²) in [5, 5.41) is 12.4. The molecule has 2 rings (SSSR count). The summed E-state index contributed by atoms with van der Waals surface area (Å²) in [5.41, 5.74) is 1.53. The first kappa shape index (κ1) is 15.5. The lowest BCUT2D eigenvalue weighted by Gasteiger charge is -2.34. The maximum absolute atomic E-state index is 12.1. The van der Waals surface area contributed by atoms with Crippen LogP contribution in [-0.2, 0) is 16.0 Å².